The third kappa shape index (κ3) is 3.34. The van der Waals surface area contributed by atoms with Crippen LogP contribution in [-0.4, -0.2) is 5.91 Å². The smallest absolute Gasteiger partial charge is 0.322 e. The minimum absolute atomic E-state index is 0.0855. The molecule has 0 saturated heterocycles. The molecule has 2 aromatic rings. The molecule has 20 heavy (non-hydrogen) atoms. The summed E-state index contributed by atoms with van der Waals surface area (Å²) in [6, 6.07) is 8.89. The summed E-state index contributed by atoms with van der Waals surface area (Å²) in [6.45, 7) is 0. The molecule has 0 saturated carbocycles. The van der Waals surface area contributed by atoms with Crippen LogP contribution in [0.25, 0.3) is 0 Å². The summed E-state index contributed by atoms with van der Waals surface area (Å²) in [5.41, 5.74) is -0.380. The van der Waals surface area contributed by atoms with Gasteiger partial charge in [-0.3, -0.25) is 4.79 Å². The van der Waals surface area contributed by atoms with Gasteiger partial charge in [-0.05, 0) is 48.5 Å². The van der Waals surface area contributed by atoms with E-state index in [1.807, 2.05) is 0 Å². The van der Waals surface area contributed by atoms with Crippen LogP contribution in [0.2, 0.25) is 0 Å². The molecule has 6 heteroatoms. The van der Waals surface area contributed by atoms with E-state index >= 15 is 0 Å². The first-order valence-electron chi connectivity index (χ1n) is 5.60. The summed E-state index contributed by atoms with van der Waals surface area (Å²) < 4.78 is 49.8. The predicted octanol–water partition coefficient (Wildman–Crippen LogP) is 4.10. The van der Waals surface area contributed by atoms with Crippen LogP contribution in [0.15, 0.2) is 48.5 Å². The number of amides is 1. The minimum atomic E-state index is -4.44. The van der Waals surface area contributed by atoms with Crippen LogP contribution in [-0.2, 0) is 6.18 Å². The maximum absolute atomic E-state index is 12.7. The van der Waals surface area contributed by atoms with Crippen molar-refractivity contribution in [1.82, 2.24) is 0 Å². The first kappa shape index (κ1) is 14.0. The molecule has 0 aliphatic carbocycles. The van der Waals surface area contributed by atoms with Crippen LogP contribution in [0.1, 0.15) is 15.9 Å². The van der Waals surface area contributed by atoms with Gasteiger partial charge >= 0.3 is 6.18 Å². The first-order chi connectivity index (χ1) is 9.36. The molecule has 0 aromatic heterocycles. The van der Waals surface area contributed by atoms with Crippen molar-refractivity contribution in [1.29, 1.82) is 0 Å². The fraction of sp³-hybridized carbons (Fsp3) is 0.0714. The van der Waals surface area contributed by atoms with Crippen molar-refractivity contribution in [2.75, 3.05) is 5.32 Å². The summed E-state index contributed by atoms with van der Waals surface area (Å²) in [5.74, 6) is -1.01. The first-order valence-corrected chi connectivity index (χ1v) is 5.60. The van der Waals surface area contributed by atoms with Gasteiger partial charge in [0.25, 0.3) is 5.91 Å². The van der Waals surface area contributed by atoms with E-state index in [9.17, 15) is 22.4 Å². The molecule has 2 aromatic carbocycles. The quantitative estimate of drug-likeness (QED) is 0.826. The van der Waals surface area contributed by atoms with E-state index in [4.69, 9.17) is 0 Å². The van der Waals surface area contributed by atoms with Crippen molar-refractivity contribution >= 4 is 11.6 Å². The van der Waals surface area contributed by atoms with Gasteiger partial charge in [0, 0.05) is 11.3 Å². The van der Waals surface area contributed by atoms with Crippen LogP contribution >= 0.6 is 0 Å². The van der Waals surface area contributed by atoms with Crippen LogP contribution in [0.4, 0.5) is 23.2 Å². The summed E-state index contributed by atoms with van der Waals surface area (Å²) >= 11 is 0. The number of carbonyl (C=O) groups is 1. The second kappa shape index (κ2) is 5.32. The highest BCUT2D eigenvalue weighted by Crippen LogP contribution is 2.29. The molecular weight excluding hydrogens is 274 g/mol. The van der Waals surface area contributed by atoms with Crippen LogP contribution < -0.4 is 5.32 Å². The Morgan fingerprint density at radius 1 is 0.900 bits per heavy atom. The van der Waals surface area contributed by atoms with Crippen molar-refractivity contribution in [3.05, 3.63) is 65.5 Å². The Kier molecular flexibility index (Phi) is 3.74. The van der Waals surface area contributed by atoms with Gasteiger partial charge in [-0.1, -0.05) is 0 Å². The van der Waals surface area contributed by atoms with Crippen molar-refractivity contribution in [3.8, 4) is 0 Å². The maximum atomic E-state index is 12.7. The van der Waals surface area contributed by atoms with E-state index < -0.39 is 23.5 Å². The highest BCUT2D eigenvalue weighted by Gasteiger charge is 2.30. The minimum Gasteiger partial charge on any atom is -0.322 e. The van der Waals surface area contributed by atoms with Gasteiger partial charge in [-0.25, -0.2) is 4.39 Å². The molecule has 0 unspecified atom stereocenters. The molecule has 0 bridgehead atoms. The lowest BCUT2D eigenvalue weighted by atomic mass is 10.1. The average Bonchev–Trinajstić information content (AvgIpc) is 2.40. The zero-order valence-corrected chi connectivity index (χ0v) is 10.0. The zero-order valence-electron chi connectivity index (χ0n) is 10.0. The Balaban J connectivity index is 2.11. The molecule has 0 radical (unpaired) electrons. The SMILES string of the molecule is O=C(Nc1ccc(F)cc1)c1ccc(C(F)(F)F)cc1. The van der Waals surface area contributed by atoms with Gasteiger partial charge < -0.3 is 5.32 Å². The van der Waals surface area contributed by atoms with Crippen molar-refractivity contribution in [2.45, 2.75) is 6.18 Å². The van der Waals surface area contributed by atoms with E-state index in [2.05, 4.69) is 5.32 Å². The van der Waals surface area contributed by atoms with Crippen molar-refractivity contribution in [2.24, 2.45) is 0 Å². The lowest BCUT2D eigenvalue weighted by Gasteiger charge is -2.08. The number of nitrogens with one attached hydrogen (secondary N) is 1. The average molecular weight is 283 g/mol. The standard InChI is InChI=1S/C14H9F4NO/c15-11-5-7-12(8-6-11)19-13(20)9-1-3-10(4-2-9)14(16,17)18/h1-8H,(H,19,20). The third-order valence-electron chi connectivity index (χ3n) is 2.58. The molecule has 0 heterocycles. The molecule has 2 nitrogen and oxygen atoms in total. The molecule has 1 N–H and O–H groups in total. The largest absolute Gasteiger partial charge is 0.416 e. The van der Waals surface area contributed by atoms with E-state index in [1.165, 1.54) is 24.3 Å². The molecule has 0 aliphatic rings. The number of benzene rings is 2. The number of hydrogen-bond acceptors (Lipinski definition) is 1. The lowest BCUT2D eigenvalue weighted by molar-refractivity contribution is -0.137. The normalized spacial score (nSPS) is 11.2. The number of rotatable bonds is 2. The number of anilines is 1. The van der Waals surface area contributed by atoms with E-state index in [1.54, 1.807) is 0 Å². The molecule has 0 aliphatic heterocycles. The van der Waals surface area contributed by atoms with Gasteiger partial charge in [0.05, 0.1) is 5.56 Å². The Bertz CT molecular complexity index is 603. The van der Waals surface area contributed by atoms with Gasteiger partial charge in [-0.2, -0.15) is 13.2 Å². The zero-order chi connectivity index (χ0) is 14.8. The Morgan fingerprint density at radius 3 is 1.95 bits per heavy atom. The van der Waals surface area contributed by atoms with Crippen molar-refractivity contribution in [3.63, 3.8) is 0 Å². The Hall–Kier alpha value is -2.37. The molecule has 0 atom stereocenters. The summed E-state index contributed by atoms with van der Waals surface area (Å²) in [5, 5.41) is 2.46. The summed E-state index contributed by atoms with van der Waals surface area (Å²) in [4.78, 5) is 11.8. The monoisotopic (exact) mass is 283 g/mol. The highest BCUT2D eigenvalue weighted by atomic mass is 19.4. The fourth-order valence-corrected chi connectivity index (χ4v) is 1.55. The molecule has 0 spiro atoms. The highest BCUT2D eigenvalue weighted by molar-refractivity contribution is 6.04. The van der Waals surface area contributed by atoms with E-state index in [0.717, 1.165) is 24.3 Å². The summed E-state index contributed by atoms with van der Waals surface area (Å²) in [7, 11) is 0. The fourth-order valence-electron chi connectivity index (χ4n) is 1.55. The van der Waals surface area contributed by atoms with Gasteiger partial charge in [0.2, 0.25) is 0 Å². The summed E-state index contributed by atoms with van der Waals surface area (Å²) in [6.07, 6.45) is -4.44. The number of carbonyl (C=O) groups excluding carboxylic acids is 1. The Morgan fingerprint density at radius 2 is 1.45 bits per heavy atom. The van der Waals surface area contributed by atoms with Crippen LogP contribution in [0.3, 0.4) is 0 Å². The molecular formula is C14H9F4NO. The molecule has 0 fully saturated rings. The number of hydrogen-bond donors (Lipinski definition) is 1. The second-order valence-corrected chi connectivity index (χ2v) is 4.04. The van der Waals surface area contributed by atoms with Gasteiger partial charge in [0.1, 0.15) is 5.82 Å². The van der Waals surface area contributed by atoms with Crippen molar-refractivity contribution < 1.29 is 22.4 Å². The molecule has 104 valence electrons. The predicted molar refractivity (Wildman–Crippen MR) is 65.8 cm³/mol. The van der Waals surface area contributed by atoms with Crippen LogP contribution in [0.5, 0.6) is 0 Å². The van der Waals surface area contributed by atoms with Gasteiger partial charge in [0.15, 0.2) is 0 Å². The third-order valence-corrected chi connectivity index (χ3v) is 2.58. The van der Waals surface area contributed by atoms with E-state index in [-0.39, 0.29) is 5.56 Å². The van der Waals surface area contributed by atoms with Crippen LogP contribution in [0, 0.1) is 5.82 Å². The van der Waals surface area contributed by atoms with Gasteiger partial charge in [-0.15, -0.1) is 0 Å². The van der Waals surface area contributed by atoms with E-state index in [0.29, 0.717) is 5.69 Å². The molecule has 2 rings (SSSR count). The Labute approximate surface area is 112 Å². The number of alkyl halides is 3. The molecule has 1 amide bonds. The maximum Gasteiger partial charge on any atom is 0.416 e. The second-order valence-electron chi connectivity index (χ2n) is 4.04. The topological polar surface area (TPSA) is 29.1 Å². The number of halogens is 4. The lowest BCUT2D eigenvalue weighted by Crippen LogP contribution is -2.12.